The maximum Gasteiger partial charge on any atom is 0.328 e. The molecule has 10 nitrogen and oxygen atoms in total. The van der Waals surface area contributed by atoms with E-state index in [0.29, 0.717) is 28.8 Å². The highest BCUT2D eigenvalue weighted by molar-refractivity contribution is 6.07. The summed E-state index contributed by atoms with van der Waals surface area (Å²) >= 11 is 0. The molecule has 2 heterocycles. The largest absolute Gasteiger partial charge is 0.495 e. The molecular formula is C31H47N5O5. The number of rotatable bonds is 11. The predicted octanol–water partition coefficient (Wildman–Crippen LogP) is 3.79. The molecule has 0 bridgehead atoms. The lowest BCUT2D eigenvalue weighted by Crippen LogP contribution is -2.49. The first-order valence-electron chi connectivity index (χ1n) is 15.4. The van der Waals surface area contributed by atoms with Crippen LogP contribution in [-0.2, 0) is 9.59 Å². The van der Waals surface area contributed by atoms with E-state index >= 15 is 0 Å². The zero-order valence-corrected chi connectivity index (χ0v) is 25.0. The second-order valence-corrected chi connectivity index (χ2v) is 11.9. The maximum absolute atomic E-state index is 13.2. The molecule has 1 aromatic carbocycles. The SMILES string of the molecule is CCC(CCN(C)CC1CCN(C(=O)C2CCCCC2)CC1)NC(=O)c1ccc(OC)c(N2CCC(=O)NC2=O)c1. The highest BCUT2D eigenvalue weighted by atomic mass is 16.5. The summed E-state index contributed by atoms with van der Waals surface area (Å²) in [4.78, 5) is 55.9. The molecule has 0 aromatic heterocycles. The molecule has 4 rings (SSSR count). The Labute approximate surface area is 244 Å². The van der Waals surface area contributed by atoms with E-state index in [4.69, 9.17) is 4.74 Å². The summed E-state index contributed by atoms with van der Waals surface area (Å²) in [5, 5.41) is 5.47. The average Bonchev–Trinajstić information content (AvgIpc) is 2.99. The number of hydrogen-bond donors (Lipinski definition) is 2. The summed E-state index contributed by atoms with van der Waals surface area (Å²) in [5.41, 5.74) is 0.899. The number of carbonyl (C=O) groups is 4. The van der Waals surface area contributed by atoms with Crippen LogP contribution in [0.15, 0.2) is 18.2 Å². The first-order chi connectivity index (χ1) is 19.8. The molecule has 2 saturated heterocycles. The fraction of sp³-hybridized carbons (Fsp3) is 0.677. The number of benzene rings is 1. The zero-order chi connectivity index (χ0) is 29.4. The quantitative estimate of drug-likeness (QED) is 0.420. The number of likely N-dealkylation sites (tertiary alicyclic amines) is 1. The topological polar surface area (TPSA) is 111 Å². The molecule has 1 unspecified atom stereocenters. The van der Waals surface area contributed by atoms with Crippen LogP contribution in [0.1, 0.15) is 81.5 Å². The number of piperidine rings is 1. The molecular weight excluding hydrogens is 522 g/mol. The molecule has 3 aliphatic rings. The Morgan fingerprint density at radius 2 is 1.83 bits per heavy atom. The maximum atomic E-state index is 13.2. The van der Waals surface area contributed by atoms with Crippen molar-refractivity contribution in [2.75, 3.05) is 51.8 Å². The van der Waals surface area contributed by atoms with Crippen LogP contribution in [0.5, 0.6) is 5.75 Å². The van der Waals surface area contributed by atoms with Crippen molar-refractivity contribution >= 4 is 29.4 Å². The second-order valence-electron chi connectivity index (χ2n) is 11.9. The van der Waals surface area contributed by atoms with Crippen LogP contribution in [0.25, 0.3) is 0 Å². The third-order valence-corrected chi connectivity index (χ3v) is 8.92. The van der Waals surface area contributed by atoms with Gasteiger partial charge in [-0.05, 0) is 76.2 Å². The summed E-state index contributed by atoms with van der Waals surface area (Å²) in [6, 6.07) is 4.51. The van der Waals surface area contributed by atoms with Crippen LogP contribution in [0.3, 0.4) is 0 Å². The van der Waals surface area contributed by atoms with E-state index in [9.17, 15) is 19.2 Å². The van der Waals surface area contributed by atoms with Crippen LogP contribution < -0.4 is 20.3 Å². The molecule has 3 fully saturated rings. The van der Waals surface area contributed by atoms with E-state index in [1.54, 1.807) is 18.2 Å². The van der Waals surface area contributed by atoms with E-state index in [-0.39, 0.29) is 36.7 Å². The normalized spacial score (nSPS) is 19.7. The Hall–Kier alpha value is -3.14. The molecule has 2 N–H and O–H groups in total. The minimum atomic E-state index is -0.520. The summed E-state index contributed by atoms with van der Waals surface area (Å²) < 4.78 is 5.42. The third kappa shape index (κ3) is 8.21. The Morgan fingerprint density at radius 3 is 2.49 bits per heavy atom. The van der Waals surface area contributed by atoms with Crippen molar-refractivity contribution in [1.29, 1.82) is 0 Å². The van der Waals surface area contributed by atoms with Gasteiger partial charge in [0, 0.05) is 50.1 Å². The van der Waals surface area contributed by atoms with Crippen molar-refractivity contribution in [1.82, 2.24) is 20.4 Å². The van der Waals surface area contributed by atoms with Crippen molar-refractivity contribution in [2.45, 2.75) is 77.2 Å². The number of nitrogens with one attached hydrogen (secondary N) is 2. The first kappa shape index (κ1) is 30.8. The molecule has 0 spiro atoms. The lowest BCUT2D eigenvalue weighted by Gasteiger charge is -2.36. The summed E-state index contributed by atoms with van der Waals surface area (Å²) in [6.07, 6.45) is 9.72. The number of amides is 5. The standard InChI is InChI=1S/C31H47N5O5/c1-4-25(14-16-34(2)21-22-12-17-35(18-13-22)30(39)23-8-6-5-7-9-23)32-29(38)24-10-11-27(41-3)26(20-24)36-19-15-28(37)33-31(36)40/h10-11,20,22-23,25H,4-9,12-19,21H2,1-3H3,(H,32,38)(H,33,37,40). The lowest BCUT2D eigenvalue weighted by atomic mass is 9.87. The molecule has 1 saturated carbocycles. The number of carbonyl (C=O) groups excluding carboxylic acids is 4. The molecule has 10 heteroatoms. The molecule has 1 atom stereocenters. The molecule has 1 aromatic rings. The molecule has 0 radical (unpaired) electrons. The molecule has 226 valence electrons. The smallest absolute Gasteiger partial charge is 0.328 e. The Bertz CT molecular complexity index is 1080. The van der Waals surface area contributed by atoms with Gasteiger partial charge in [-0.3, -0.25) is 24.6 Å². The summed E-state index contributed by atoms with van der Waals surface area (Å²) in [5.74, 6) is 1.17. The minimum Gasteiger partial charge on any atom is -0.495 e. The summed E-state index contributed by atoms with van der Waals surface area (Å²) in [7, 11) is 3.65. The minimum absolute atomic E-state index is 0.0152. The number of anilines is 1. The van der Waals surface area contributed by atoms with E-state index in [2.05, 4.69) is 34.4 Å². The van der Waals surface area contributed by atoms with Gasteiger partial charge in [-0.25, -0.2) is 4.79 Å². The third-order valence-electron chi connectivity index (χ3n) is 8.92. The van der Waals surface area contributed by atoms with Gasteiger partial charge in [0.15, 0.2) is 0 Å². The number of hydrogen-bond acceptors (Lipinski definition) is 6. The van der Waals surface area contributed by atoms with Crippen LogP contribution in [-0.4, -0.2) is 86.5 Å². The van der Waals surface area contributed by atoms with Crippen LogP contribution in [0.4, 0.5) is 10.5 Å². The number of urea groups is 1. The Balaban J connectivity index is 1.24. The average molecular weight is 570 g/mol. The monoisotopic (exact) mass is 569 g/mol. The van der Waals surface area contributed by atoms with E-state index in [1.165, 1.54) is 31.3 Å². The van der Waals surface area contributed by atoms with E-state index in [0.717, 1.165) is 64.7 Å². The van der Waals surface area contributed by atoms with Gasteiger partial charge in [0.25, 0.3) is 5.91 Å². The highest BCUT2D eigenvalue weighted by Crippen LogP contribution is 2.31. The number of imide groups is 1. The fourth-order valence-electron chi connectivity index (χ4n) is 6.34. The lowest BCUT2D eigenvalue weighted by molar-refractivity contribution is -0.138. The van der Waals surface area contributed by atoms with Crippen LogP contribution >= 0.6 is 0 Å². The van der Waals surface area contributed by atoms with E-state index in [1.807, 2.05) is 0 Å². The van der Waals surface area contributed by atoms with Crippen molar-refractivity contribution < 1.29 is 23.9 Å². The summed E-state index contributed by atoms with van der Waals surface area (Å²) in [6.45, 7) is 5.92. The number of nitrogens with zero attached hydrogens (tertiary/aromatic N) is 3. The number of ether oxygens (including phenoxy) is 1. The van der Waals surface area contributed by atoms with Gasteiger partial charge >= 0.3 is 6.03 Å². The van der Waals surface area contributed by atoms with Crippen molar-refractivity contribution in [3.05, 3.63) is 23.8 Å². The molecule has 1 aliphatic carbocycles. The van der Waals surface area contributed by atoms with Crippen LogP contribution in [0.2, 0.25) is 0 Å². The zero-order valence-electron chi connectivity index (χ0n) is 25.0. The Kier molecular flexibility index (Phi) is 11.0. The van der Waals surface area contributed by atoms with Crippen LogP contribution in [0, 0.1) is 11.8 Å². The number of methoxy groups -OCH3 is 1. The van der Waals surface area contributed by atoms with Gasteiger partial charge in [0.1, 0.15) is 5.75 Å². The highest BCUT2D eigenvalue weighted by Gasteiger charge is 2.30. The van der Waals surface area contributed by atoms with Gasteiger partial charge in [-0.2, -0.15) is 0 Å². The van der Waals surface area contributed by atoms with E-state index < -0.39 is 6.03 Å². The van der Waals surface area contributed by atoms with Crippen molar-refractivity contribution in [2.24, 2.45) is 11.8 Å². The van der Waals surface area contributed by atoms with Gasteiger partial charge < -0.3 is 19.9 Å². The molecule has 5 amide bonds. The predicted molar refractivity (Wildman–Crippen MR) is 158 cm³/mol. The van der Waals surface area contributed by atoms with Gasteiger partial charge in [-0.1, -0.05) is 26.2 Å². The second kappa shape index (κ2) is 14.7. The molecule has 2 aliphatic heterocycles. The van der Waals surface area contributed by atoms with Crippen molar-refractivity contribution in [3.8, 4) is 5.75 Å². The Morgan fingerprint density at radius 1 is 1.10 bits per heavy atom. The van der Waals surface area contributed by atoms with Gasteiger partial charge in [0.05, 0.1) is 12.8 Å². The fourth-order valence-corrected chi connectivity index (χ4v) is 6.34. The van der Waals surface area contributed by atoms with Crippen molar-refractivity contribution in [3.63, 3.8) is 0 Å². The van der Waals surface area contributed by atoms with Gasteiger partial charge in [-0.15, -0.1) is 0 Å². The first-order valence-corrected chi connectivity index (χ1v) is 15.4. The van der Waals surface area contributed by atoms with Gasteiger partial charge in [0.2, 0.25) is 11.8 Å². The molecule has 41 heavy (non-hydrogen) atoms.